The van der Waals surface area contributed by atoms with E-state index < -0.39 is 17.6 Å². The molecule has 232 valence electrons. The van der Waals surface area contributed by atoms with Gasteiger partial charge < -0.3 is 31.6 Å². The van der Waals surface area contributed by atoms with Crippen LogP contribution >= 0.6 is 11.6 Å². The van der Waals surface area contributed by atoms with Crippen molar-refractivity contribution in [1.82, 2.24) is 20.5 Å². The van der Waals surface area contributed by atoms with Crippen LogP contribution in [-0.2, 0) is 9.53 Å². The van der Waals surface area contributed by atoms with Crippen LogP contribution in [0.1, 0.15) is 37.0 Å². The Morgan fingerprint density at radius 1 is 1.23 bits per heavy atom. The Hall–Kier alpha value is -4.39. The number of anilines is 1. The first-order valence-electron chi connectivity index (χ1n) is 13.5. The van der Waals surface area contributed by atoms with Crippen LogP contribution in [0.3, 0.4) is 0 Å². The highest BCUT2D eigenvalue weighted by molar-refractivity contribution is 6.45. The fourth-order valence-corrected chi connectivity index (χ4v) is 4.99. The molecule has 1 aromatic carbocycles. The molecule has 1 unspecified atom stereocenters. The van der Waals surface area contributed by atoms with Crippen LogP contribution in [0.15, 0.2) is 65.9 Å². The van der Waals surface area contributed by atoms with Gasteiger partial charge in [-0.05, 0) is 51.0 Å². The van der Waals surface area contributed by atoms with Crippen molar-refractivity contribution in [1.29, 1.82) is 0 Å². The maximum absolute atomic E-state index is 13.2. The minimum absolute atomic E-state index is 0.0125. The average molecular weight is 618 g/mol. The molecule has 0 saturated carbocycles. The molecule has 1 atom stereocenters. The largest absolute Gasteiger partial charge is 0.377 e. The van der Waals surface area contributed by atoms with Gasteiger partial charge in [-0.15, -0.1) is 10.2 Å². The third-order valence-electron chi connectivity index (χ3n) is 7.03. The lowest BCUT2D eigenvalue weighted by Gasteiger charge is -2.37. The van der Waals surface area contributed by atoms with E-state index in [0.29, 0.717) is 51.2 Å². The van der Waals surface area contributed by atoms with Crippen molar-refractivity contribution < 1.29 is 14.3 Å². The Kier molecular flexibility index (Phi) is 10.1. The first kappa shape index (κ1) is 31.5. The topological polar surface area (TPSA) is 255 Å². The molecule has 0 radical (unpaired) electrons. The fourth-order valence-electron chi connectivity index (χ4n) is 4.80. The third-order valence-corrected chi connectivity index (χ3v) is 7.30. The zero-order chi connectivity index (χ0) is 31.1. The number of halogens is 1. The Morgan fingerprint density at radius 3 is 2.56 bits per heavy atom. The van der Waals surface area contributed by atoms with Gasteiger partial charge in [0.2, 0.25) is 5.96 Å². The predicted octanol–water partition coefficient (Wildman–Crippen LogP) is -0.184. The van der Waals surface area contributed by atoms with Crippen LogP contribution in [0.25, 0.3) is 0 Å². The SMILES string of the molecule is CC(C)OCCN(N)c1ccc(C(=O)N2CCC3(CC2)CN(N)C(NC(=O)C2=NC(Cl)=C(N=NN)NC2N=NN)=N3)cc1. The maximum Gasteiger partial charge on any atom is 0.276 e. The van der Waals surface area contributed by atoms with Gasteiger partial charge in [-0.2, -0.15) is 0 Å². The number of carbonyl (C=O) groups is 2. The van der Waals surface area contributed by atoms with Gasteiger partial charge in [0, 0.05) is 18.7 Å². The number of hydrogen-bond acceptors (Lipinski definition) is 14. The van der Waals surface area contributed by atoms with E-state index in [0.717, 1.165) is 5.69 Å². The molecule has 19 heteroatoms. The number of ether oxygens (including phenoxy) is 1. The molecule has 0 aromatic heterocycles. The van der Waals surface area contributed by atoms with E-state index in [1.165, 1.54) is 5.01 Å². The summed E-state index contributed by atoms with van der Waals surface area (Å²) in [7, 11) is 0. The van der Waals surface area contributed by atoms with Crippen LogP contribution in [0.2, 0.25) is 0 Å². The van der Waals surface area contributed by atoms with Crippen molar-refractivity contribution in [3.05, 3.63) is 40.8 Å². The lowest BCUT2D eigenvalue weighted by Crippen LogP contribution is -2.52. The molecule has 0 bridgehead atoms. The third kappa shape index (κ3) is 7.53. The molecule has 43 heavy (non-hydrogen) atoms. The summed E-state index contributed by atoms with van der Waals surface area (Å²) in [6, 6.07) is 7.15. The van der Waals surface area contributed by atoms with E-state index in [1.54, 1.807) is 22.0 Å². The zero-order valence-electron chi connectivity index (χ0n) is 23.9. The number of rotatable bonds is 9. The summed E-state index contributed by atoms with van der Waals surface area (Å²) in [5.41, 5.74) is 0.613. The minimum atomic E-state index is -1.11. The monoisotopic (exact) mass is 617 g/mol. The number of hydrogen-bond donors (Lipinski definition) is 6. The highest BCUT2D eigenvalue weighted by atomic mass is 35.5. The van der Waals surface area contributed by atoms with Gasteiger partial charge >= 0.3 is 0 Å². The molecule has 1 saturated heterocycles. The van der Waals surface area contributed by atoms with Crippen LogP contribution in [-0.4, -0.2) is 84.0 Å². The molecule has 1 spiro atoms. The van der Waals surface area contributed by atoms with Gasteiger partial charge in [-0.3, -0.25) is 19.9 Å². The molecule has 1 fully saturated rings. The van der Waals surface area contributed by atoms with Crippen LogP contribution < -0.4 is 39.0 Å². The van der Waals surface area contributed by atoms with Gasteiger partial charge in [0.25, 0.3) is 11.8 Å². The summed E-state index contributed by atoms with van der Waals surface area (Å²) in [6.07, 6.45) is 0.115. The number of amides is 2. The smallest absolute Gasteiger partial charge is 0.276 e. The lowest BCUT2D eigenvalue weighted by molar-refractivity contribution is -0.113. The number of piperidine rings is 1. The van der Waals surface area contributed by atoms with Crippen LogP contribution in [0, 0.1) is 0 Å². The Bertz CT molecular complexity index is 1340. The Balaban J connectivity index is 1.36. The molecule has 2 amide bonds. The number of guanidine groups is 1. The number of hydrazine groups is 2. The number of aliphatic imine (C=N–C) groups is 2. The normalized spacial score (nSPS) is 20.2. The number of likely N-dealkylation sites (tertiary alicyclic amines) is 1. The van der Waals surface area contributed by atoms with Gasteiger partial charge in [0.1, 0.15) is 0 Å². The second kappa shape index (κ2) is 13.7. The van der Waals surface area contributed by atoms with E-state index in [9.17, 15) is 9.59 Å². The van der Waals surface area contributed by atoms with Crippen molar-refractivity contribution >= 4 is 40.8 Å². The highest BCUT2D eigenvalue weighted by Gasteiger charge is 2.43. The van der Waals surface area contributed by atoms with Crippen LogP contribution in [0.5, 0.6) is 0 Å². The van der Waals surface area contributed by atoms with E-state index in [4.69, 9.17) is 44.7 Å². The average Bonchev–Trinajstić information content (AvgIpc) is 3.28. The van der Waals surface area contributed by atoms with Gasteiger partial charge in [-0.1, -0.05) is 22.0 Å². The van der Waals surface area contributed by atoms with Crippen molar-refractivity contribution in [3.8, 4) is 0 Å². The van der Waals surface area contributed by atoms with Crippen molar-refractivity contribution in [2.24, 2.45) is 54.0 Å². The van der Waals surface area contributed by atoms with E-state index in [1.807, 2.05) is 26.0 Å². The van der Waals surface area contributed by atoms with E-state index >= 15 is 0 Å². The Morgan fingerprint density at radius 2 is 1.93 bits per heavy atom. The molecule has 4 rings (SSSR count). The summed E-state index contributed by atoms with van der Waals surface area (Å²) in [5.74, 6) is 21.9. The number of carbonyl (C=O) groups excluding carboxylic acids is 2. The maximum atomic E-state index is 13.2. The van der Waals surface area contributed by atoms with Crippen molar-refractivity contribution in [2.75, 3.05) is 37.8 Å². The first-order chi connectivity index (χ1) is 20.6. The van der Waals surface area contributed by atoms with E-state index in [-0.39, 0.29) is 34.7 Å². The second-order valence-electron chi connectivity index (χ2n) is 10.3. The van der Waals surface area contributed by atoms with Crippen LogP contribution in [0.4, 0.5) is 5.69 Å². The quantitative estimate of drug-likeness (QED) is 0.0921. The van der Waals surface area contributed by atoms with E-state index in [2.05, 4.69) is 36.3 Å². The number of benzene rings is 1. The molecule has 0 aliphatic carbocycles. The first-order valence-corrected chi connectivity index (χ1v) is 13.9. The summed E-state index contributed by atoms with van der Waals surface area (Å²) < 4.78 is 5.54. The molecule has 3 aliphatic heterocycles. The summed E-state index contributed by atoms with van der Waals surface area (Å²) >= 11 is 6.09. The zero-order valence-corrected chi connectivity index (χ0v) is 24.6. The highest BCUT2D eigenvalue weighted by Crippen LogP contribution is 2.32. The molecule has 3 aliphatic rings. The molecule has 1 aromatic rings. The molecular weight excluding hydrogens is 582 g/mol. The summed E-state index contributed by atoms with van der Waals surface area (Å²) in [5, 5.41) is 21.8. The minimum Gasteiger partial charge on any atom is -0.377 e. The Labute approximate surface area is 252 Å². The fraction of sp³-hybridized carbons (Fsp3) is 0.500. The number of nitrogens with one attached hydrogen (secondary N) is 2. The van der Waals surface area contributed by atoms with Gasteiger partial charge in [-0.25, -0.2) is 21.7 Å². The summed E-state index contributed by atoms with van der Waals surface area (Å²) in [6.45, 7) is 6.23. The molecule has 3 heterocycles. The molecular formula is C24H36ClN15O3. The van der Waals surface area contributed by atoms with Gasteiger partial charge in [0.05, 0.1) is 37.0 Å². The van der Waals surface area contributed by atoms with Gasteiger partial charge in [0.15, 0.2) is 22.9 Å². The number of nitrogens with zero attached hydrogens (tertiary/aromatic N) is 9. The number of nitrogens with two attached hydrogens (primary N) is 4. The predicted molar refractivity (Wildman–Crippen MR) is 159 cm³/mol. The van der Waals surface area contributed by atoms with Crippen molar-refractivity contribution in [3.63, 3.8) is 0 Å². The standard InChI is InChI=1S/C24H36ClN15O3/c1-14(2)43-12-11-39(28)16-5-3-15(4-6-16)22(42)38-9-7-24(8-10-38)13-40(29)23(33-24)32-21(41)17-19(34-36-26)31-20(35-37-27)18(25)30-17/h3-6,14,19,31H,7-13,28-29H2,1-2H3,(H2,26,34)(H2,27,35)(H,32,33,41). The lowest BCUT2D eigenvalue weighted by atomic mass is 9.88. The second-order valence-corrected chi connectivity index (χ2v) is 10.7. The molecule has 10 N–H and O–H groups in total. The molecule has 18 nitrogen and oxygen atoms in total. The summed E-state index contributed by atoms with van der Waals surface area (Å²) in [4.78, 5) is 36.9. The van der Waals surface area contributed by atoms with Crippen molar-refractivity contribution in [2.45, 2.75) is 44.5 Å².